The molecule has 32 heavy (non-hydrogen) atoms. The number of ether oxygens (including phenoxy) is 2. The van der Waals surface area contributed by atoms with Crippen molar-refractivity contribution in [2.45, 2.75) is 52.7 Å². The minimum atomic E-state index is -0.540. The van der Waals surface area contributed by atoms with Crippen LogP contribution in [0.5, 0.6) is 0 Å². The summed E-state index contributed by atoms with van der Waals surface area (Å²) in [4.78, 5) is 24.6. The molecule has 4 heteroatoms. The number of rotatable bonds is 4. The smallest absolute Gasteiger partial charge is 0.338 e. The van der Waals surface area contributed by atoms with Crippen LogP contribution in [0.25, 0.3) is 22.3 Å². The maximum atomic E-state index is 12.3. The van der Waals surface area contributed by atoms with Crippen molar-refractivity contribution in [1.82, 2.24) is 0 Å². The summed E-state index contributed by atoms with van der Waals surface area (Å²) in [7, 11) is 0. The molecule has 0 bridgehead atoms. The van der Waals surface area contributed by atoms with Gasteiger partial charge in [-0.2, -0.15) is 0 Å². The first kappa shape index (κ1) is 23.3. The van der Waals surface area contributed by atoms with Gasteiger partial charge in [0.1, 0.15) is 11.2 Å². The Morgan fingerprint density at radius 3 is 1.53 bits per heavy atom. The predicted molar refractivity (Wildman–Crippen MR) is 126 cm³/mol. The Hall–Kier alpha value is -3.40. The van der Waals surface area contributed by atoms with E-state index in [0.717, 1.165) is 22.3 Å². The van der Waals surface area contributed by atoms with E-state index in [0.29, 0.717) is 11.1 Å². The first-order valence-electron chi connectivity index (χ1n) is 10.6. The van der Waals surface area contributed by atoms with E-state index in [2.05, 4.69) is 6.07 Å². The zero-order valence-corrected chi connectivity index (χ0v) is 19.5. The third-order valence-corrected chi connectivity index (χ3v) is 4.49. The van der Waals surface area contributed by atoms with Crippen molar-refractivity contribution in [3.05, 3.63) is 83.9 Å². The topological polar surface area (TPSA) is 52.6 Å². The van der Waals surface area contributed by atoms with Crippen LogP contribution in [0.1, 0.15) is 62.3 Å². The van der Waals surface area contributed by atoms with Gasteiger partial charge in [0.25, 0.3) is 0 Å². The van der Waals surface area contributed by atoms with E-state index in [1.807, 2.05) is 84.0 Å². The summed E-state index contributed by atoms with van der Waals surface area (Å²) in [5.41, 5.74) is 3.71. The largest absolute Gasteiger partial charge is 0.456 e. The summed E-state index contributed by atoms with van der Waals surface area (Å²) in [6, 6.07) is 23.8. The quantitative estimate of drug-likeness (QED) is 0.431. The van der Waals surface area contributed by atoms with Crippen molar-refractivity contribution in [2.24, 2.45) is 0 Å². The van der Waals surface area contributed by atoms with E-state index in [4.69, 9.17) is 9.47 Å². The maximum absolute atomic E-state index is 12.3. The Balaban J connectivity index is 1.87. The standard InChI is InChI=1S/C28H29O4/c1-27(2,3)31-25(29)21-15-11-19(12-16-21)23-9-7-8-10-24(23)20-13-17-22(18-14-20)26(30)32-28(4,5)6/h7-9,11-18H,1-6H3. The van der Waals surface area contributed by atoms with Gasteiger partial charge in [0, 0.05) is 0 Å². The molecule has 1 radical (unpaired) electrons. The van der Waals surface area contributed by atoms with Crippen molar-refractivity contribution in [3.63, 3.8) is 0 Å². The van der Waals surface area contributed by atoms with Crippen LogP contribution >= 0.6 is 0 Å². The summed E-state index contributed by atoms with van der Waals surface area (Å²) >= 11 is 0. The summed E-state index contributed by atoms with van der Waals surface area (Å²) in [5.74, 6) is -0.694. The molecule has 165 valence electrons. The minimum absolute atomic E-state index is 0.346. The van der Waals surface area contributed by atoms with Crippen LogP contribution in [0.4, 0.5) is 0 Å². The molecule has 0 atom stereocenters. The van der Waals surface area contributed by atoms with Gasteiger partial charge < -0.3 is 9.47 Å². The van der Waals surface area contributed by atoms with Crippen molar-refractivity contribution >= 4 is 11.9 Å². The molecule has 0 fully saturated rings. The van der Waals surface area contributed by atoms with Crippen molar-refractivity contribution in [2.75, 3.05) is 0 Å². The molecule has 0 unspecified atom stereocenters. The average Bonchev–Trinajstić information content (AvgIpc) is 2.71. The van der Waals surface area contributed by atoms with Crippen molar-refractivity contribution in [1.29, 1.82) is 0 Å². The molecule has 0 saturated heterocycles. The number of hydrogen-bond acceptors (Lipinski definition) is 4. The number of carbonyl (C=O) groups is 2. The van der Waals surface area contributed by atoms with Gasteiger partial charge >= 0.3 is 11.9 Å². The molecule has 0 aliphatic carbocycles. The highest BCUT2D eigenvalue weighted by Gasteiger charge is 2.19. The Morgan fingerprint density at radius 1 is 0.656 bits per heavy atom. The predicted octanol–water partition coefficient (Wildman–Crippen LogP) is 6.73. The Bertz CT molecular complexity index is 1010. The highest BCUT2D eigenvalue weighted by molar-refractivity contribution is 5.92. The highest BCUT2D eigenvalue weighted by Crippen LogP contribution is 2.32. The van der Waals surface area contributed by atoms with Gasteiger partial charge in [0.2, 0.25) is 0 Å². The molecule has 0 spiro atoms. The molecule has 0 heterocycles. The molecule has 0 aromatic heterocycles. The second-order valence-electron chi connectivity index (χ2n) is 9.62. The third kappa shape index (κ3) is 6.07. The third-order valence-electron chi connectivity index (χ3n) is 4.49. The maximum Gasteiger partial charge on any atom is 0.338 e. The van der Waals surface area contributed by atoms with Gasteiger partial charge in [0.05, 0.1) is 11.1 Å². The SMILES string of the molecule is CC(C)(C)OC(=O)c1ccc(-c2[c]cccc2-c2ccc(C(=O)OC(C)(C)C)cc2)cc1. The average molecular weight is 430 g/mol. The van der Waals surface area contributed by atoms with Gasteiger partial charge in [-0.1, -0.05) is 42.5 Å². The van der Waals surface area contributed by atoms with E-state index in [9.17, 15) is 9.59 Å². The summed E-state index contributed by atoms with van der Waals surface area (Å²) in [6.45, 7) is 11.1. The summed E-state index contributed by atoms with van der Waals surface area (Å²) in [6.07, 6.45) is 0. The van der Waals surface area contributed by atoms with Gasteiger partial charge in [-0.05, 0) is 94.1 Å². The lowest BCUT2D eigenvalue weighted by atomic mass is 9.93. The van der Waals surface area contributed by atoms with E-state index in [-0.39, 0.29) is 11.9 Å². The van der Waals surface area contributed by atoms with Crippen LogP contribution in [0, 0.1) is 6.07 Å². The molecule has 0 N–H and O–H groups in total. The molecule has 3 aromatic carbocycles. The van der Waals surface area contributed by atoms with Gasteiger partial charge in [-0.15, -0.1) is 0 Å². The Kier molecular flexibility index (Phi) is 6.54. The Morgan fingerprint density at radius 2 is 1.09 bits per heavy atom. The first-order chi connectivity index (χ1) is 14.9. The first-order valence-corrected chi connectivity index (χ1v) is 10.6. The normalized spacial score (nSPS) is 11.7. The lowest BCUT2D eigenvalue weighted by Gasteiger charge is -2.19. The van der Waals surface area contributed by atoms with Crippen LogP contribution in [-0.2, 0) is 9.47 Å². The molecule has 0 aliphatic heterocycles. The number of benzene rings is 3. The van der Waals surface area contributed by atoms with Crippen LogP contribution in [0.2, 0.25) is 0 Å². The van der Waals surface area contributed by atoms with Crippen LogP contribution in [0.15, 0.2) is 66.7 Å². The molecule has 0 aliphatic rings. The number of esters is 2. The van der Waals surface area contributed by atoms with E-state index < -0.39 is 11.2 Å². The molecule has 3 aromatic rings. The second kappa shape index (κ2) is 8.99. The van der Waals surface area contributed by atoms with Gasteiger partial charge in [-0.25, -0.2) is 9.59 Å². The van der Waals surface area contributed by atoms with E-state index >= 15 is 0 Å². The fourth-order valence-corrected chi connectivity index (χ4v) is 3.15. The van der Waals surface area contributed by atoms with Gasteiger partial charge in [-0.3, -0.25) is 0 Å². The van der Waals surface area contributed by atoms with Crippen molar-refractivity contribution in [3.8, 4) is 22.3 Å². The number of hydrogen-bond donors (Lipinski definition) is 0. The molecule has 0 saturated carbocycles. The summed E-state index contributed by atoms with van der Waals surface area (Å²) < 4.78 is 10.9. The zero-order valence-electron chi connectivity index (χ0n) is 19.5. The molecular weight excluding hydrogens is 400 g/mol. The molecular formula is C28H29O4. The van der Waals surface area contributed by atoms with E-state index in [1.54, 1.807) is 24.3 Å². The lowest BCUT2D eigenvalue weighted by molar-refractivity contribution is 0.00570. The zero-order chi connectivity index (χ0) is 23.5. The lowest BCUT2D eigenvalue weighted by Crippen LogP contribution is -2.23. The molecule has 4 nitrogen and oxygen atoms in total. The fraction of sp³-hybridized carbons (Fsp3) is 0.286. The minimum Gasteiger partial charge on any atom is -0.456 e. The van der Waals surface area contributed by atoms with E-state index in [1.165, 1.54) is 0 Å². The van der Waals surface area contributed by atoms with Gasteiger partial charge in [0.15, 0.2) is 0 Å². The highest BCUT2D eigenvalue weighted by atomic mass is 16.6. The number of carbonyl (C=O) groups excluding carboxylic acids is 2. The Labute approximate surface area is 190 Å². The van der Waals surface area contributed by atoms with Crippen molar-refractivity contribution < 1.29 is 19.1 Å². The second-order valence-corrected chi connectivity index (χ2v) is 9.62. The van der Waals surface area contributed by atoms with Crippen LogP contribution < -0.4 is 0 Å². The van der Waals surface area contributed by atoms with Crippen LogP contribution in [-0.4, -0.2) is 23.1 Å². The summed E-state index contributed by atoms with van der Waals surface area (Å²) in [5, 5.41) is 0. The van der Waals surface area contributed by atoms with Crippen LogP contribution in [0.3, 0.4) is 0 Å². The fourth-order valence-electron chi connectivity index (χ4n) is 3.15. The molecule has 0 amide bonds. The molecule has 3 rings (SSSR count). The monoisotopic (exact) mass is 429 g/mol.